The summed E-state index contributed by atoms with van der Waals surface area (Å²) in [6.07, 6.45) is 3.39. The Morgan fingerprint density at radius 2 is 1.95 bits per heavy atom. The topological polar surface area (TPSA) is 66.5 Å². The number of sulfonamides is 1. The number of carbonyl (C=O) groups excluding carboxylic acids is 1. The fraction of sp³-hybridized carbons (Fsp3) is 0.500. The largest absolute Gasteiger partial charge is 0.354 e. The van der Waals surface area contributed by atoms with Gasteiger partial charge in [-0.15, -0.1) is 0 Å². The molecule has 0 aliphatic heterocycles. The summed E-state index contributed by atoms with van der Waals surface area (Å²) in [7, 11) is -3.18. The molecule has 1 N–H and O–H groups in total. The molecule has 1 aliphatic carbocycles. The molecule has 1 aromatic carbocycles. The van der Waals surface area contributed by atoms with Crippen molar-refractivity contribution in [2.75, 3.05) is 19.3 Å². The van der Waals surface area contributed by atoms with E-state index in [0.29, 0.717) is 19.5 Å². The minimum absolute atomic E-state index is 0.0829. The van der Waals surface area contributed by atoms with E-state index in [2.05, 4.69) is 5.32 Å². The summed E-state index contributed by atoms with van der Waals surface area (Å²) in [6, 6.07) is 9.61. The van der Waals surface area contributed by atoms with E-state index in [4.69, 9.17) is 0 Å². The van der Waals surface area contributed by atoms with Crippen molar-refractivity contribution in [1.29, 1.82) is 0 Å². The normalized spacial score (nSPS) is 15.3. The molecule has 0 bridgehead atoms. The summed E-state index contributed by atoms with van der Waals surface area (Å²) >= 11 is 0. The Kier molecular flexibility index (Phi) is 4.77. The predicted octanol–water partition coefficient (Wildman–Crippen LogP) is 0.769. The highest BCUT2D eigenvalue weighted by atomic mass is 32.2. The van der Waals surface area contributed by atoms with Crippen LogP contribution in [-0.4, -0.2) is 44.0 Å². The molecule has 5 nitrogen and oxygen atoms in total. The zero-order valence-corrected chi connectivity index (χ0v) is 12.4. The summed E-state index contributed by atoms with van der Waals surface area (Å²) in [6.45, 7) is 0.708. The van der Waals surface area contributed by atoms with Gasteiger partial charge in [0.25, 0.3) is 0 Å². The summed E-state index contributed by atoms with van der Waals surface area (Å²) in [5.41, 5.74) is 0.951. The van der Waals surface area contributed by atoms with Crippen molar-refractivity contribution in [2.24, 2.45) is 0 Å². The molecule has 1 saturated carbocycles. The second-order valence-corrected chi connectivity index (χ2v) is 7.05. The molecule has 0 unspecified atom stereocenters. The van der Waals surface area contributed by atoms with Crippen molar-refractivity contribution < 1.29 is 13.2 Å². The van der Waals surface area contributed by atoms with Gasteiger partial charge < -0.3 is 5.32 Å². The van der Waals surface area contributed by atoms with Crippen molar-refractivity contribution in [3.05, 3.63) is 35.9 Å². The van der Waals surface area contributed by atoms with E-state index >= 15 is 0 Å². The summed E-state index contributed by atoms with van der Waals surface area (Å²) in [5.74, 6) is -0.0829. The number of rotatable bonds is 7. The minimum Gasteiger partial charge on any atom is -0.354 e. The molecule has 6 heteroatoms. The molecule has 0 spiro atoms. The van der Waals surface area contributed by atoms with Crippen LogP contribution < -0.4 is 5.32 Å². The quantitative estimate of drug-likeness (QED) is 0.808. The maximum Gasteiger partial charge on any atom is 0.224 e. The van der Waals surface area contributed by atoms with E-state index < -0.39 is 10.0 Å². The Hall–Kier alpha value is -1.40. The minimum atomic E-state index is -3.18. The SMILES string of the molecule is CS(=O)(=O)N(CCNC(=O)Cc1ccccc1)C1CC1. The van der Waals surface area contributed by atoms with Gasteiger partial charge in [0.2, 0.25) is 15.9 Å². The Morgan fingerprint density at radius 1 is 1.30 bits per heavy atom. The maximum atomic E-state index is 11.8. The lowest BCUT2D eigenvalue weighted by Crippen LogP contribution is -2.39. The van der Waals surface area contributed by atoms with Crippen LogP contribution in [0.4, 0.5) is 0 Å². The van der Waals surface area contributed by atoms with E-state index in [1.165, 1.54) is 10.6 Å². The van der Waals surface area contributed by atoms with Crippen molar-refractivity contribution in [1.82, 2.24) is 9.62 Å². The summed E-state index contributed by atoms with van der Waals surface area (Å²) in [4.78, 5) is 11.8. The second kappa shape index (κ2) is 6.37. The zero-order chi connectivity index (χ0) is 14.6. The summed E-state index contributed by atoms with van der Waals surface area (Å²) < 4.78 is 24.7. The first-order valence-electron chi connectivity index (χ1n) is 6.74. The third kappa shape index (κ3) is 4.61. The number of nitrogens with one attached hydrogen (secondary N) is 1. The van der Waals surface area contributed by atoms with Crippen molar-refractivity contribution in [2.45, 2.75) is 25.3 Å². The predicted molar refractivity (Wildman–Crippen MR) is 77.7 cm³/mol. The van der Waals surface area contributed by atoms with Gasteiger partial charge in [0, 0.05) is 19.1 Å². The number of amides is 1. The number of carbonyl (C=O) groups is 1. The lowest BCUT2D eigenvalue weighted by Gasteiger charge is -2.19. The molecule has 1 fully saturated rings. The molecule has 0 heterocycles. The Morgan fingerprint density at radius 3 is 2.50 bits per heavy atom. The Bertz CT molecular complexity index is 553. The molecular formula is C14H20N2O3S. The fourth-order valence-electron chi connectivity index (χ4n) is 2.13. The van der Waals surface area contributed by atoms with E-state index in [1.54, 1.807) is 0 Å². The number of hydrogen-bond acceptors (Lipinski definition) is 3. The number of hydrogen-bond donors (Lipinski definition) is 1. The van der Waals surface area contributed by atoms with Gasteiger partial charge in [-0.3, -0.25) is 4.79 Å². The van der Waals surface area contributed by atoms with Gasteiger partial charge in [-0.05, 0) is 18.4 Å². The summed E-state index contributed by atoms with van der Waals surface area (Å²) in [5, 5.41) is 2.77. The average Bonchev–Trinajstić information content (AvgIpc) is 3.18. The van der Waals surface area contributed by atoms with Gasteiger partial charge >= 0.3 is 0 Å². The van der Waals surface area contributed by atoms with E-state index in [0.717, 1.165) is 18.4 Å². The number of benzene rings is 1. The molecule has 20 heavy (non-hydrogen) atoms. The molecule has 1 amide bonds. The third-order valence-corrected chi connectivity index (χ3v) is 4.57. The van der Waals surface area contributed by atoms with E-state index in [9.17, 15) is 13.2 Å². The molecule has 0 aromatic heterocycles. The van der Waals surface area contributed by atoms with Crippen LogP contribution in [0.2, 0.25) is 0 Å². The average molecular weight is 296 g/mol. The Balaban J connectivity index is 1.76. The van der Waals surface area contributed by atoms with Crippen LogP contribution in [0.3, 0.4) is 0 Å². The second-order valence-electron chi connectivity index (χ2n) is 5.12. The van der Waals surface area contributed by atoms with Crippen LogP contribution in [0.15, 0.2) is 30.3 Å². The van der Waals surface area contributed by atoms with Gasteiger partial charge in [-0.25, -0.2) is 8.42 Å². The Labute approximate surface area is 120 Å². The van der Waals surface area contributed by atoms with Crippen LogP contribution in [0.1, 0.15) is 18.4 Å². The fourth-order valence-corrected chi connectivity index (χ4v) is 3.31. The van der Waals surface area contributed by atoms with E-state index in [1.807, 2.05) is 30.3 Å². The highest BCUT2D eigenvalue weighted by Crippen LogP contribution is 2.28. The van der Waals surface area contributed by atoms with Crippen molar-refractivity contribution in [3.63, 3.8) is 0 Å². The highest BCUT2D eigenvalue weighted by molar-refractivity contribution is 7.88. The monoisotopic (exact) mass is 296 g/mol. The van der Waals surface area contributed by atoms with Crippen LogP contribution in [0, 0.1) is 0 Å². The van der Waals surface area contributed by atoms with Gasteiger partial charge in [-0.2, -0.15) is 4.31 Å². The lowest BCUT2D eigenvalue weighted by molar-refractivity contribution is -0.120. The van der Waals surface area contributed by atoms with Gasteiger partial charge in [0.1, 0.15) is 0 Å². The third-order valence-electron chi connectivity index (χ3n) is 3.24. The van der Waals surface area contributed by atoms with Gasteiger partial charge in [0.05, 0.1) is 12.7 Å². The van der Waals surface area contributed by atoms with Crippen LogP contribution in [0.5, 0.6) is 0 Å². The van der Waals surface area contributed by atoms with Crippen molar-refractivity contribution in [3.8, 4) is 0 Å². The highest BCUT2D eigenvalue weighted by Gasteiger charge is 2.34. The first-order valence-corrected chi connectivity index (χ1v) is 8.59. The smallest absolute Gasteiger partial charge is 0.224 e. The van der Waals surface area contributed by atoms with E-state index in [-0.39, 0.29) is 11.9 Å². The first kappa shape index (κ1) is 15.0. The maximum absolute atomic E-state index is 11.8. The lowest BCUT2D eigenvalue weighted by atomic mass is 10.1. The molecule has 0 atom stereocenters. The molecule has 0 radical (unpaired) electrons. The molecule has 2 rings (SSSR count). The van der Waals surface area contributed by atoms with Crippen LogP contribution >= 0.6 is 0 Å². The van der Waals surface area contributed by atoms with Gasteiger partial charge in [0.15, 0.2) is 0 Å². The molecule has 1 aliphatic rings. The molecule has 1 aromatic rings. The van der Waals surface area contributed by atoms with Gasteiger partial charge in [-0.1, -0.05) is 30.3 Å². The van der Waals surface area contributed by atoms with Crippen LogP contribution in [0.25, 0.3) is 0 Å². The molecular weight excluding hydrogens is 276 g/mol. The van der Waals surface area contributed by atoms with Crippen LogP contribution in [-0.2, 0) is 21.2 Å². The first-order chi connectivity index (χ1) is 9.47. The standard InChI is InChI=1S/C14H20N2O3S/c1-20(18,19)16(13-7-8-13)10-9-15-14(17)11-12-5-3-2-4-6-12/h2-6,13H,7-11H2,1H3,(H,15,17). The zero-order valence-electron chi connectivity index (χ0n) is 11.6. The molecule has 110 valence electrons. The van der Waals surface area contributed by atoms with Crippen molar-refractivity contribution >= 4 is 15.9 Å². The molecule has 0 saturated heterocycles. The number of nitrogens with zero attached hydrogens (tertiary/aromatic N) is 1.